The molecule has 2 atom stereocenters. The maximum atomic E-state index is 13.0. The lowest BCUT2D eigenvalue weighted by atomic mass is 9.96. The first-order chi connectivity index (χ1) is 12.6. The Morgan fingerprint density at radius 1 is 1.11 bits per heavy atom. The average molecular weight is 392 g/mol. The molecule has 1 saturated heterocycles. The Labute approximate surface area is 152 Å². The van der Waals surface area contributed by atoms with Crippen LogP contribution in [0.4, 0.5) is 23.7 Å². The van der Waals surface area contributed by atoms with E-state index < -0.39 is 43.1 Å². The van der Waals surface area contributed by atoms with Gasteiger partial charge in [-0.2, -0.15) is 13.2 Å². The highest BCUT2D eigenvalue weighted by molar-refractivity contribution is 5.91. The quantitative estimate of drug-likeness (QED) is 0.799. The highest BCUT2D eigenvalue weighted by atomic mass is 19.4. The molecule has 1 aromatic carbocycles. The van der Waals surface area contributed by atoms with Gasteiger partial charge in [-0.05, 0) is 0 Å². The summed E-state index contributed by atoms with van der Waals surface area (Å²) in [6.45, 7) is -1.29. The van der Waals surface area contributed by atoms with Crippen LogP contribution in [0.3, 0.4) is 0 Å². The van der Waals surface area contributed by atoms with Crippen molar-refractivity contribution in [3.05, 3.63) is 12.1 Å². The van der Waals surface area contributed by atoms with Crippen molar-refractivity contribution < 1.29 is 42.1 Å². The van der Waals surface area contributed by atoms with Gasteiger partial charge < -0.3 is 29.5 Å². The number of rotatable bonds is 5. The van der Waals surface area contributed by atoms with Crippen LogP contribution in [0.25, 0.3) is 0 Å². The Morgan fingerprint density at radius 2 is 1.67 bits per heavy atom. The first-order valence-corrected chi connectivity index (χ1v) is 7.77. The zero-order chi connectivity index (χ0) is 20.4. The zero-order valence-corrected chi connectivity index (χ0v) is 14.8. The summed E-state index contributed by atoms with van der Waals surface area (Å²) in [5.74, 6) is -4.67. The molecule has 2 N–H and O–H groups in total. The third-order valence-corrected chi connectivity index (χ3v) is 4.26. The molecule has 150 valence electrons. The number of methoxy groups -OCH3 is 3. The summed E-state index contributed by atoms with van der Waals surface area (Å²) in [5.41, 5.74) is 0.192. The van der Waals surface area contributed by atoms with Crippen molar-refractivity contribution in [2.45, 2.75) is 6.18 Å². The number of ether oxygens (including phenoxy) is 3. The number of nitrogens with zero attached hydrogens (tertiary/aromatic N) is 1. The van der Waals surface area contributed by atoms with E-state index in [1.54, 1.807) is 0 Å². The van der Waals surface area contributed by atoms with E-state index in [-0.39, 0.29) is 22.9 Å². The van der Waals surface area contributed by atoms with Crippen molar-refractivity contribution in [1.82, 2.24) is 4.90 Å². The summed E-state index contributed by atoms with van der Waals surface area (Å²) >= 11 is 0. The molecule has 2 amide bonds. The lowest BCUT2D eigenvalue weighted by molar-refractivity contribution is -0.187. The normalized spacial score (nSPS) is 19.6. The fourth-order valence-electron chi connectivity index (χ4n) is 2.91. The maximum Gasteiger partial charge on any atom is 0.394 e. The van der Waals surface area contributed by atoms with E-state index in [4.69, 9.17) is 19.3 Å². The number of carbonyl (C=O) groups is 2. The molecule has 0 spiro atoms. The van der Waals surface area contributed by atoms with Gasteiger partial charge in [0.1, 0.15) is 0 Å². The van der Waals surface area contributed by atoms with Crippen LogP contribution in [0.5, 0.6) is 17.2 Å². The summed E-state index contributed by atoms with van der Waals surface area (Å²) in [5, 5.41) is 11.5. The predicted molar refractivity (Wildman–Crippen MR) is 87.4 cm³/mol. The molecule has 0 aliphatic carbocycles. The van der Waals surface area contributed by atoms with Gasteiger partial charge in [-0.3, -0.25) is 4.79 Å². The second-order valence-electron chi connectivity index (χ2n) is 5.84. The van der Waals surface area contributed by atoms with Crippen LogP contribution in [0, 0.1) is 11.8 Å². The number of halogens is 3. The van der Waals surface area contributed by atoms with Crippen molar-refractivity contribution >= 4 is 17.7 Å². The van der Waals surface area contributed by atoms with Gasteiger partial charge in [0.05, 0.1) is 38.9 Å². The average Bonchev–Trinajstić information content (AvgIpc) is 3.07. The third kappa shape index (κ3) is 4.29. The van der Waals surface area contributed by atoms with E-state index in [2.05, 4.69) is 5.32 Å². The molecule has 0 bridgehead atoms. The molecule has 0 radical (unpaired) electrons. The number of anilines is 1. The smallest absolute Gasteiger partial charge is 0.394 e. The summed E-state index contributed by atoms with van der Waals surface area (Å²) in [7, 11) is 4.13. The Kier molecular flexibility index (Phi) is 5.91. The van der Waals surface area contributed by atoms with Gasteiger partial charge in [-0.1, -0.05) is 0 Å². The number of hydrogen-bond donors (Lipinski definition) is 2. The minimum absolute atomic E-state index is 0.192. The Balaban J connectivity index is 2.21. The number of nitrogens with one attached hydrogen (secondary N) is 1. The Bertz CT molecular complexity index is 700. The van der Waals surface area contributed by atoms with Gasteiger partial charge >= 0.3 is 18.2 Å². The standard InChI is InChI=1S/C16H19F3N2O6/c1-25-11-4-8(5-12(26-2)13(11)27-3)20-15(24)21-6-9(14(22)23)10(7-21)16(17,18)19/h4-5,9-10H,6-7H2,1-3H3,(H,20,24)(H,22,23)/t9-,10-/m1/s1. The van der Waals surface area contributed by atoms with Gasteiger partial charge in [0, 0.05) is 25.2 Å². The summed E-state index contributed by atoms with van der Waals surface area (Å²) in [6.07, 6.45) is -4.72. The molecule has 11 heteroatoms. The molecule has 1 aliphatic heterocycles. The molecule has 0 aromatic heterocycles. The molecule has 27 heavy (non-hydrogen) atoms. The van der Waals surface area contributed by atoms with Crippen LogP contribution in [-0.4, -0.2) is 62.6 Å². The molecule has 0 saturated carbocycles. The first-order valence-electron chi connectivity index (χ1n) is 7.77. The highest BCUT2D eigenvalue weighted by Crippen LogP contribution is 2.41. The van der Waals surface area contributed by atoms with Crippen LogP contribution in [-0.2, 0) is 4.79 Å². The number of carboxylic acid groups (broad SMARTS) is 1. The third-order valence-electron chi connectivity index (χ3n) is 4.26. The molecule has 1 heterocycles. The number of carboxylic acids is 1. The second-order valence-corrected chi connectivity index (χ2v) is 5.84. The molecule has 2 rings (SSSR count). The number of benzene rings is 1. The molecule has 0 unspecified atom stereocenters. The van der Waals surface area contributed by atoms with Crippen molar-refractivity contribution in [3.8, 4) is 17.2 Å². The molecule has 1 aromatic rings. The van der Waals surface area contributed by atoms with E-state index in [0.29, 0.717) is 0 Å². The maximum absolute atomic E-state index is 13.0. The molecular formula is C16H19F3N2O6. The summed E-state index contributed by atoms with van der Waals surface area (Å²) < 4.78 is 54.6. The molecular weight excluding hydrogens is 373 g/mol. The SMILES string of the molecule is COc1cc(NC(=O)N2C[C@@H](C(F)(F)F)[C@H](C(=O)O)C2)cc(OC)c1OC. The minimum Gasteiger partial charge on any atom is -0.493 e. The number of likely N-dealkylation sites (tertiary alicyclic amines) is 1. The second kappa shape index (κ2) is 7.80. The van der Waals surface area contributed by atoms with E-state index in [1.165, 1.54) is 33.5 Å². The number of aliphatic carboxylic acids is 1. The summed E-state index contributed by atoms with van der Waals surface area (Å²) in [6, 6.07) is 1.96. The van der Waals surface area contributed by atoms with Crippen molar-refractivity contribution in [2.75, 3.05) is 39.7 Å². The van der Waals surface area contributed by atoms with Crippen LogP contribution < -0.4 is 19.5 Å². The molecule has 1 fully saturated rings. The number of alkyl halides is 3. The fourth-order valence-corrected chi connectivity index (χ4v) is 2.91. The van der Waals surface area contributed by atoms with Crippen molar-refractivity contribution in [3.63, 3.8) is 0 Å². The summed E-state index contributed by atoms with van der Waals surface area (Å²) in [4.78, 5) is 24.3. The van der Waals surface area contributed by atoms with E-state index in [0.717, 1.165) is 4.90 Å². The van der Waals surface area contributed by atoms with Crippen molar-refractivity contribution in [2.24, 2.45) is 11.8 Å². The lowest BCUT2D eigenvalue weighted by Crippen LogP contribution is -2.35. The Hall–Kier alpha value is -2.85. The van der Waals surface area contributed by atoms with Gasteiger partial charge in [0.15, 0.2) is 11.5 Å². The highest BCUT2D eigenvalue weighted by Gasteiger charge is 2.53. The Morgan fingerprint density at radius 3 is 2.04 bits per heavy atom. The number of urea groups is 1. The van der Waals surface area contributed by atoms with Crippen LogP contribution in [0.2, 0.25) is 0 Å². The van der Waals surface area contributed by atoms with Crippen LogP contribution in [0.15, 0.2) is 12.1 Å². The van der Waals surface area contributed by atoms with Gasteiger partial charge in [0.2, 0.25) is 5.75 Å². The predicted octanol–water partition coefficient (Wildman–Crippen LogP) is 2.44. The monoisotopic (exact) mass is 392 g/mol. The van der Waals surface area contributed by atoms with Gasteiger partial charge in [-0.25, -0.2) is 4.79 Å². The zero-order valence-electron chi connectivity index (χ0n) is 14.8. The van der Waals surface area contributed by atoms with Gasteiger partial charge in [-0.15, -0.1) is 0 Å². The number of hydrogen-bond acceptors (Lipinski definition) is 5. The van der Waals surface area contributed by atoms with E-state index in [1.807, 2.05) is 0 Å². The fraction of sp³-hybridized carbons (Fsp3) is 0.500. The van der Waals surface area contributed by atoms with Crippen molar-refractivity contribution in [1.29, 1.82) is 0 Å². The van der Waals surface area contributed by atoms with Gasteiger partial charge in [0.25, 0.3) is 0 Å². The molecule has 1 aliphatic rings. The number of carbonyl (C=O) groups excluding carboxylic acids is 1. The first kappa shape index (κ1) is 20.5. The van der Waals surface area contributed by atoms with Crippen LogP contribution in [0.1, 0.15) is 0 Å². The molecule has 8 nitrogen and oxygen atoms in total. The number of amides is 2. The van der Waals surface area contributed by atoms with E-state index in [9.17, 15) is 22.8 Å². The van der Waals surface area contributed by atoms with Crippen LogP contribution >= 0.6 is 0 Å². The largest absolute Gasteiger partial charge is 0.493 e. The lowest BCUT2D eigenvalue weighted by Gasteiger charge is -2.19. The van der Waals surface area contributed by atoms with E-state index >= 15 is 0 Å². The minimum atomic E-state index is -4.72. The topological polar surface area (TPSA) is 97.3 Å².